The van der Waals surface area contributed by atoms with E-state index in [1.54, 1.807) is 11.3 Å². The molecule has 6 rings (SSSR count). The molecule has 34 heavy (non-hydrogen) atoms. The van der Waals surface area contributed by atoms with Gasteiger partial charge in [0.15, 0.2) is 0 Å². The van der Waals surface area contributed by atoms with Crippen molar-refractivity contribution < 1.29 is 4.74 Å². The number of nitrogens with zero attached hydrogens (tertiary/aromatic N) is 5. The second-order valence-electron chi connectivity index (χ2n) is 8.26. The fraction of sp³-hybridized carbons (Fsp3) is 0.292. The fourth-order valence-electron chi connectivity index (χ4n) is 4.18. The van der Waals surface area contributed by atoms with Crippen LogP contribution in [0.1, 0.15) is 24.4 Å². The summed E-state index contributed by atoms with van der Waals surface area (Å²) in [6, 6.07) is 12.4. The van der Waals surface area contributed by atoms with Crippen molar-refractivity contribution in [3.63, 3.8) is 0 Å². The van der Waals surface area contributed by atoms with E-state index in [4.69, 9.17) is 9.72 Å². The van der Waals surface area contributed by atoms with Gasteiger partial charge in [0.25, 0.3) is 0 Å². The zero-order valence-corrected chi connectivity index (χ0v) is 20.0. The van der Waals surface area contributed by atoms with E-state index in [9.17, 15) is 0 Å². The highest BCUT2D eigenvalue weighted by molar-refractivity contribution is 7.98. The van der Waals surface area contributed by atoms with Gasteiger partial charge in [0, 0.05) is 40.7 Å². The highest BCUT2D eigenvalue weighted by atomic mass is 32.2. The molecule has 0 amide bonds. The molecule has 2 aromatic carbocycles. The van der Waals surface area contributed by atoms with Crippen LogP contribution in [0.25, 0.3) is 21.5 Å². The van der Waals surface area contributed by atoms with Gasteiger partial charge in [-0.05, 0) is 61.6 Å². The molecule has 10 heteroatoms. The van der Waals surface area contributed by atoms with Gasteiger partial charge in [0.05, 0.1) is 11.1 Å². The predicted octanol–water partition coefficient (Wildman–Crippen LogP) is 5.78. The smallest absolute Gasteiger partial charge is 0.227 e. The average Bonchev–Trinajstić information content (AvgIpc) is 3.59. The second-order valence-corrected chi connectivity index (χ2v) is 9.91. The van der Waals surface area contributed by atoms with Crippen molar-refractivity contribution in [1.29, 1.82) is 0 Å². The lowest BCUT2D eigenvalue weighted by Crippen LogP contribution is -2.34. The normalized spacial score (nSPS) is 18.4. The van der Waals surface area contributed by atoms with Crippen molar-refractivity contribution >= 4 is 45.8 Å². The van der Waals surface area contributed by atoms with Gasteiger partial charge in [0.2, 0.25) is 5.95 Å². The Morgan fingerprint density at radius 3 is 2.85 bits per heavy atom. The molecule has 8 nitrogen and oxygen atoms in total. The van der Waals surface area contributed by atoms with Crippen molar-refractivity contribution in [2.45, 2.75) is 25.0 Å². The Morgan fingerprint density at radius 2 is 2.03 bits per heavy atom. The largest absolute Gasteiger partial charge is 0.490 e. The van der Waals surface area contributed by atoms with Gasteiger partial charge < -0.3 is 15.4 Å². The van der Waals surface area contributed by atoms with Crippen LogP contribution in [0.2, 0.25) is 0 Å². The number of piperidine rings is 1. The standard InChI is InChI=1S/C24H23N7OS2/c1-2-15(21-14-34-31-30-21)10-17(3-1)28-24-27-13-16-11-19(23-26-8-9-33-23)22(12-20(16)29-24)32-18-4-6-25-7-5-18/h1-3,8-13,18,21,25H,4-7,14H2,(H,27,28,29). The minimum atomic E-state index is 0.100. The molecule has 0 spiro atoms. The molecule has 1 fully saturated rings. The van der Waals surface area contributed by atoms with E-state index in [0.717, 1.165) is 70.2 Å². The molecule has 1 unspecified atom stereocenters. The summed E-state index contributed by atoms with van der Waals surface area (Å²) < 4.78 is 10.5. The van der Waals surface area contributed by atoms with Crippen molar-refractivity contribution in [2.24, 2.45) is 9.63 Å². The number of hydrogen-bond acceptors (Lipinski definition) is 10. The summed E-state index contributed by atoms with van der Waals surface area (Å²) in [6.45, 7) is 1.95. The molecule has 0 radical (unpaired) electrons. The lowest BCUT2D eigenvalue weighted by Gasteiger charge is -2.25. The number of hydrogen-bond donors (Lipinski definition) is 2. The van der Waals surface area contributed by atoms with E-state index in [1.807, 2.05) is 36.0 Å². The Hall–Kier alpha value is -3.08. The molecule has 0 saturated carbocycles. The first-order valence-electron chi connectivity index (χ1n) is 11.3. The molecular weight excluding hydrogens is 466 g/mol. The quantitative estimate of drug-likeness (QED) is 0.331. The Kier molecular flexibility index (Phi) is 6.09. The second kappa shape index (κ2) is 9.65. The van der Waals surface area contributed by atoms with Crippen molar-refractivity contribution in [2.75, 3.05) is 24.2 Å². The maximum Gasteiger partial charge on any atom is 0.227 e. The maximum absolute atomic E-state index is 6.47. The lowest BCUT2D eigenvalue weighted by atomic mass is 10.1. The first kappa shape index (κ1) is 21.5. The predicted molar refractivity (Wildman–Crippen MR) is 137 cm³/mol. The van der Waals surface area contributed by atoms with E-state index < -0.39 is 0 Å². The van der Waals surface area contributed by atoms with Gasteiger partial charge in [-0.1, -0.05) is 12.1 Å². The van der Waals surface area contributed by atoms with Crippen LogP contribution in [-0.2, 0) is 0 Å². The zero-order chi connectivity index (χ0) is 22.7. The maximum atomic E-state index is 6.47. The lowest BCUT2D eigenvalue weighted by molar-refractivity contribution is 0.163. The first-order valence-corrected chi connectivity index (χ1v) is 13.1. The Morgan fingerprint density at radius 1 is 1.09 bits per heavy atom. The summed E-state index contributed by atoms with van der Waals surface area (Å²) in [7, 11) is 0. The van der Waals surface area contributed by atoms with Gasteiger partial charge in [-0.3, -0.25) is 0 Å². The number of anilines is 2. The van der Waals surface area contributed by atoms with Crippen molar-refractivity contribution in [1.82, 2.24) is 20.3 Å². The van der Waals surface area contributed by atoms with Crippen LogP contribution < -0.4 is 15.4 Å². The number of rotatable bonds is 6. The SMILES string of the molecule is c1cc(Nc2ncc3cc(-c4nccs4)c(OC4CCNCC4)cc3n2)cc(C2CSN=N2)c1. The summed E-state index contributed by atoms with van der Waals surface area (Å²) in [6.07, 6.45) is 5.83. The molecular formula is C24H23N7OS2. The van der Waals surface area contributed by atoms with Crippen molar-refractivity contribution in [3.8, 4) is 16.3 Å². The molecule has 2 aliphatic rings. The summed E-state index contributed by atoms with van der Waals surface area (Å²) in [4.78, 5) is 13.9. The van der Waals surface area contributed by atoms with Gasteiger partial charge >= 0.3 is 0 Å². The van der Waals surface area contributed by atoms with E-state index in [-0.39, 0.29) is 12.1 Å². The summed E-state index contributed by atoms with van der Waals surface area (Å²) in [5.41, 5.74) is 3.88. The van der Waals surface area contributed by atoms with E-state index >= 15 is 0 Å². The van der Waals surface area contributed by atoms with Crippen LogP contribution in [0, 0.1) is 0 Å². The monoisotopic (exact) mass is 489 g/mol. The molecule has 2 N–H and O–H groups in total. The molecule has 4 aromatic rings. The Balaban J connectivity index is 1.31. The van der Waals surface area contributed by atoms with Crippen LogP contribution in [0.15, 0.2) is 63.8 Å². The highest BCUT2D eigenvalue weighted by Crippen LogP contribution is 2.36. The first-order chi connectivity index (χ1) is 16.8. The van der Waals surface area contributed by atoms with Gasteiger partial charge in [0.1, 0.15) is 22.9 Å². The van der Waals surface area contributed by atoms with Crippen molar-refractivity contribution in [3.05, 3.63) is 59.7 Å². The summed E-state index contributed by atoms with van der Waals surface area (Å²) >= 11 is 3.10. The number of ether oxygens (including phenoxy) is 1. The molecule has 172 valence electrons. The molecule has 0 bridgehead atoms. The fourth-order valence-corrected chi connectivity index (χ4v) is 5.48. The van der Waals surface area contributed by atoms with Gasteiger partial charge in [-0.2, -0.15) is 5.11 Å². The number of benzene rings is 2. The minimum absolute atomic E-state index is 0.100. The average molecular weight is 490 g/mol. The summed E-state index contributed by atoms with van der Waals surface area (Å²) in [5.74, 6) is 2.24. The third kappa shape index (κ3) is 4.61. The highest BCUT2D eigenvalue weighted by Gasteiger charge is 2.19. The van der Waals surface area contributed by atoms with Gasteiger partial charge in [-0.15, -0.1) is 15.9 Å². The van der Waals surface area contributed by atoms with Crippen LogP contribution in [0.3, 0.4) is 0 Å². The zero-order valence-electron chi connectivity index (χ0n) is 18.3. The molecule has 2 aromatic heterocycles. The molecule has 1 saturated heterocycles. The summed E-state index contributed by atoms with van der Waals surface area (Å²) in [5, 5.41) is 14.9. The van der Waals surface area contributed by atoms with Crippen LogP contribution in [0.4, 0.5) is 11.6 Å². The number of thiazole rings is 1. The third-order valence-corrected chi connectivity index (χ3v) is 7.41. The topological polar surface area (TPSA) is 96.7 Å². The number of aromatic nitrogens is 3. The minimum Gasteiger partial charge on any atom is -0.490 e. The third-order valence-electron chi connectivity index (χ3n) is 5.93. The molecule has 2 aliphatic heterocycles. The van der Waals surface area contributed by atoms with Crippen LogP contribution in [-0.4, -0.2) is 39.9 Å². The Bertz CT molecular complexity index is 1320. The Labute approximate surface area is 205 Å². The van der Waals surface area contributed by atoms with E-state index in [1.165, 1.54) is 11.9 Å². The van der Waals surface area contributed by atoms with Crippen LogP contribution in [0.5, 0.6) is 5.75 Å². The van der Waals surface area contributed by atoms with Gasteiger partial charge in [-0.25, -0.2) is 15.0 Å². The number of fused-ring (bicyclic) bond motifs is 1. The van der Waals surface area contributed by atoms with E-state index in [2.05, 4.69) is 48.4 Å². The molecule has 4 heterocycles. The molecule has 1 atom stereocenters. The van der Waals surface area contributed by atoms with E-state index in [0.29, 0.717) is 5.95 Å². The van der Waals surface area contributed by atoms with Crippen LogP contribution >= 0.6 is 23.3 Å². The molecule has 0 aliphatic carbocycles. The number of nitrogens with one attached hydrogen (secondary N) is 2.